The number of nitrogens with one attached hydrogen (secondary N) is 1. The molecule has 2 N–H and O–H groups in total. The molecule has 1 aliphatic rings. The maximum absolute atomic E-state index is 12.4. The minimum atomic E-state index is -0.895. The number of amides is 1. The van der Waals surface area contributed by atoms with Gasteiger partial charge in [-0.1, -0.05) is 30.7 Å². The van der Waals surface area contributed by atoms with E-state index >= 15 is 0 Å². The monoisotopic (exact) mass is 295 g/mol. The predicted molar refractivity (Wildman–Crippen MR) is 76.8 cm³/mol. The van der Waals surface area contributed by atoms with Crippen molar-refractivity contribution < 1.29 is 14.7 Å². The van der Waals surface area contributed by atoms with Crippen LogP contribution in [0.2, 0.25) is 5.02 Å². The molecule has 1 atom stereocenters. The summed E-state index contributed by atoms with van der Waals surface area (Å²) < 4.78 is 0. The van der Waals surface area contributed by atoms with Crippen molar-refractivity contribution in [1.29, 1.82) is 0 Å². The van der Waals surface area contributed by atoms with Gasteiger partial charge in [-0.25, -0.2) is 0 Å². The van der Waals surface area contributed by atoms with E-state index in [1.807, 2.05) is 19.1 Å². The lowest BCUT2D eigenvalue weighted by Gasteiger charge is -2.20. The molecule has 108 valence electrons. The first kappa shape index (κ1) is 14.9. The Balaban J connectivity index is 2.08. The van der Waals surface area contributed by atoms with Crippen LogP contribution in [0.5, 0.6) is 0 Å². The minimum absolute atomic E-state index is 0.0427. The third kappa shape index (κ3) is 3.12. The number of carbonyl (C=O) groups is 2. The highest BCUT2D eigenvalue weighted by atomic mass is 35.5. The van der Waals surface area contributed by atoms with E-state index in [2.05, 4.69) is 5.32 Å². The summed E-state index contributed by atoms with van der Waals surface area (Å²) in [6.07, 6.45) is 2.15. The van der Waals surface area contributed by atoms with Gasteiger partial charge in [0.1, 0.15) is 0 Å². The number of carboxylic acid groups (broad SMARTS) is 1. The summed E-state index contributed by atoms with van der Waals surface area (Å²) in [6, 6.07) is 6.97. The van der Waals surface area contributed by atoms with Crippen LogP contribution < -0.4 is 5.32 Å². The molecule has 1 amide bonds. The molecule has 2 rings (SSSR count). The number of benzene rings is 1. The quantitative estimate of drug-likeness (QED) is 0.848. The molecule has 5 heteroatoms. The van der Waals surface area contributed by atoms with Crippen LogP contribution in [0.25, 0.3) is 0 Å². The fraction of sp³-hybridized carbons (Fsp3) is 0.467. The summed E-state index contributed by atoms with van der Waals surface area (Å²) in [5.41, 5.74) is 0.459. The van der Waals surface area contributed by atoms with Gasteiger partial charge in [0.25, 0.3) is 0 Å². The van der Waals surface area contributed by atoms with Gasteiger partial charge < -0.3 is 10.4 Å². The molecule has 1 saturated carbocycles. The minimum Gasteiger partial charge on any atom is -0.481 e. The number of carbonyl (C=O) groups excluding carboxylic acids is 1. The Morgan fingerprint density at radius 2 is 1.95 bits per heavy atom. The number of hydrogen-bond acceptors (Lipinski definition) is 2. The van der Waals surface area contributed by atoms with Gasteiger partial charge in [-0.15, -0.1) is 0 Å². The summed E-state index contributed by atoms with van der Waals surface area (Å²) >= 11 is 5.86. The van der Waals surface area contributed by atoms with Crippen LogP contribution in [0.1, 0.15) is 38.2 Å². The zero-order valence-corrected chi connectivity index (χ0v) is 12.1. The molecule has 0 saturated heterocycles. The smallest absolute Gasteiger partial charge is 0.305 e. The Morgan fingerprint density at radius 1 is 1.35 bits per heavy atom. The Kier molecular flexibility index (Phi) is 4.33. The molecule has 0 aromatic heterocycles. The molecule has 1 aromatic rings. The lowest BCUT2D eigenvalue weighted by Crippen LogP contribution is -2.42. The van der Waals surface area contributed by atoms with Gasteiger partial charge in [-0.05, 0) is 37.0 Å². The molecule has 1 aromatic carbocycles. The molecule has 1 unspecified atom stereocenters. The van der Waals surface area contributed by atoms with Crippen molar-refractivity contribution in [3.63, 3.8) is 0 Å². The van der Waals surface area contributed by atoms with Crippen LogP contribution in [0, 0.1) is 0 Å². The normalized spacial score (nSPS) is 17.3. The van der Waals surface area contributed by atoms with Gasteiger partial charge in [-0.2, -0.15) is 0 Å². The van der Waals surface area contributed by atoms with E-state index in [4.69, 9.17) is 16.7 Å². The van der Waals surface area contributed by atoms with Crippen molar-refractivity contribution in [1.82, 2.24) is 5.32 Å². The van der Waals surface area contributed by atoms with Crippen molar-refractivity contribution in [3.8, 4) is 0 Å². The maximum atomic E-state index is 12.4. The molecule has 0 spiro atoms. The second kappa shape index (κ2) is 5.83. The number of hydrogen-bond donors (Lipinski definition) is 2. The molecular weight excluding hydrogens is 278 g/mol. The summed E-state index contributed by atoms with van der Waals surface area (Å²) in [6.45, 7) is 1.87. The Hall–Kier alpha value is -1.55. The molecule has 1 aliphatic carbocycles. The number of halogens is 1. The van der Waals surface area contributed by atoms with Crippen LogP contribution in [0.15, 0.2) is 24.3 Å². The molecule has 4 nitrogen and oxygen atoms in total. The van der Waals surface area contributed by atoms with E-state index < -0.39 is 11.4 Å². The SMILES string of the molecule is CCC(CC(=O)O)NC(=O)C1(c2ccc(Cl)cc2)CC1. The molecule has 1 fully saturated rings. The van der Waals surface area contributed by atoms with Gasteiger partial charge in [0.05, 0.1) is 11.8 Å². The first-order valence-electron chi connectivity index (χ1n) is 6.77. The topological polar surface area (TPSA) is 66.4 Å². The second-order valence-electron chi connectivity index (χ2n) is 5.27. The largest absolute Gasteiger partial charge is 0.481 e. The van der Waals surface area contributed by atoms with Crippen LogP contribution in [0.4, 0.5) is 0 Å². The van der Waals surface area contributed by atoms with Crippen LogP contribution in [0.3, 0.4) is 0 Å². The summed E-state index contributed by atoms with van der Waals surface area (Å²) in [5.74, 6) is -0.971. The highest BCUT2D eigenvalue weighted by Crippen LogP contribution is 2.48. The third-order valence-corrected chi connectivity index (χ3v) is 4.08. The Morgan fingerprint density at radius 3 is 2.40 bits per heavy atom. The van der Waals surface area contributed by atoms with Crippen molar-refractivity contribution >= 4 is 23.5 Å². The van der Waals surface area contributed by atoms with E-state index in [1.54, 1.807) is 12.1 Å². The van der Waals surface area contributed by atoms with Gasteiger partial charge in [0, 0.05) is 11.1 Å². The average Bonchev–Trinajstić information content (AvgIpc) is 3.19. The zero-order valence-electron chi connectivity index (χ0n) is 11.4. The lowest BCUT2D eigenvalue weighted by molar-refractivity contribution is -0.137. The van der Waals surface area contributed by atoms with E-state index in [9.17, 15) is 9.59 Å². The highest BCUT2D eigenvalue weighted by molar-refractivity contribution is 6.30. The molecule has 0 aliphatic heterocycles. The van der Waals surface area contributed by atoms with Gasteiger partial charge in [0.15, 0.2) is 0 Å². The first-order valence-corrected chi connectivity index (χ1v) is 7.14. The lowest BCUT2D eigenvalue weighted by atomic mass is 9.94. The highest BCUT2D eigenvalue weighted by Gasteiger charge is 2.51. The fourth-order valence-corrected chi connectivity index (χ4v) is 2.50. The number of aliphatic carboxylic acids is 1. The van der Waals surface area contributed by atoms with E-state index in [-0.39, 0.29) is 18.4 Å². The van der Waals surface area contributed by atoms with Gasteiger partial charge >= 0.3 is 5.97 Å². The van der Waals surface area contributed by atoms with Crippen molar-refractivity contribution in [3.05, 3.63) is 34.9 Å². The standard InChI is InChI=1S/C15H18ClNO3/c1-2-12(9-13(18)19)17-14(20)15(7-8-15)10-3-5-11(16)6-4-10/h3-6,12H,2,7-9H2,1H3,(H,17,20)(H,18,19). The fourth-order valence-electron chi connectivity index (χ4n) is 2.37. The van der Waals surface area contributed by atoms with Crippen LogP contribution >= 0.6 is 11.6 Å². The third-order valence-electron chi connectivity index (χ3n) is 3.83. The molecule has 0 heterocycles. The maximum Gasteiger partial charge on any atom is 0.305 e. The van der Waals surface area contributed by atoms with Crippen LogP contribution in [-0.2, 0) is 15.0 Å². The zero-order chi connectivity index (χ0) is 14.8. The number of carboxylic acids is 1. The summed E-state index contributed by atoms with van der Waals surface area (Å²) in [5, 5.41) is 12.3. The second-order valence-corrected chi connectivity index (χ2v) is 5.70. The predicted octanol–water partition coefficient (Wildman–Crippen LogP) is 2.74. The van der Waals surface area contributed by atoms with Gasteiger partial charge in [-0.3, -0.25) is 9.59 Å². The first-order chi connectivity index (χ1) is 9.48. The van der Waals surface area contributed by atoms with E-state index in [1.165, 1.54) is 0 Å². The molecule has 0 bridgehead atoms. The average molecular weight is 296 g/mol. The molecular formula is C15H18ClNO3. The molecule has 20 heavy (non-hydrogen) atoms. The molecule has 0 radical (unpaired) electrons. The van der Waals surface area contributed by atoms with E-state index in [0.717, 1.165) is 18.4 Å². The van der Waals surface area contributed by atoms with Crippen molar-refractivity contribution in [2.75, 3.05) is 0 Å². The van der Waals surface area contributed by atoms with Crippen molar-refractivity contribution in [2.45, 2.75) is 44.1 Å². The summed E-state index contributed by atoms with van der Waals surface area (Å²) in [7, 11) is 0. The summed E-state index contributed by atoms with van der Waals surface area (Å²) in [4.78, 5) is 23.2. The Bertz CT molecular complexity index is 508. The number of rotatable bonds is 6. The van der Waals surface area contributed by atoms with E-state index in [0.29, 0.717) is 11.4 Å². The van der Waals surface area contributed by atoms with Crippen molar-refractivity contribution in [2.24, 2.45) is 0 Å². The van der Waals surface area contributed by atoms with Crippen LogP contribution in [-0.4, -0.2) is 23.0 Å². The Labute approximate surface area is 123 Å². The van der Waals surface area contributed by atoms with Gasteiger partial charge in [0.2, 0.25) is 5.91 Å².